The van der Waals surface area contributed by atoms with Crippen LogP contribution in [0.4, 0.5) is 19.0 Å². The number of anilines is 1. The van der Waals surface area contributed by atoms with E-state index in [0.29, 0.717) is 48.9 Å². The number of imidazole rings is 1. The van der Waals surface area contributed by atoms with Crippen molar-refractivity contribution in [3.63, 3.8) is 0 Å². The van der Waals surface area contributed by atoms with E-state index >= 15 is 0 Å². The number of nitrogens with zero attached hydrogens (tertiary/aromatic N) is 4. The van der Waals surface area contributed by atoms with Crippen molar-refractivity contribution in [3.8, 4) is 0 Å². The van der Waals surface area contributed by atoms with Crippen LogP contribution in [-0.4, -0.2) is 45.8 Å². The van der Waals surface area contributed by atoms with E-state index in [1.54, 1.807) is 12.3 Å². The van der Waals surface area contributed by atoms with E-state index < -0.39 is 11.7 Å². The molecule has 0 unspecified atom stereocenters. The summed E-state index contributed by atoms with van der Waals surface area (Å²) in [5.74, 6) is 0.740. The second kappa shape index (κ2) is 7.64. The van der Waals surface area contributed by atoms with Crippen LogP contribution < -0.4 is 4.90 Å². The SMILES string of the molecule is Cc1c(Cc2c(CO)nc3cnc(N4CCOCC4)cn23)cccc1C(F)(F)F. The summed E-state index contributed by atoms with van der Waals surface area (Å²) in [6.07, 6.45) is -0.746. The van der Waals surface area contributed by atoms with E-state index in [0.717, 1.165) is 11.9 Å². The van der Waals surface area contributed by atoms with Gasteiger partial charge in [-0.25, -0.2) is 9.97 Å². The molecule has 1 fully saturated rings. The van der Waals surface area contributed by atoms with Gasteiger partial charge in [-0.1, -0.05) is 12.1 Å². The van der Waals surface area contributed by atoms with Crippen molar-refractivity contribution in [1.82, 2.24) is 14.4 Å². The van der Waals surface area contributed by atoms with Crippen molar-refractivity contribution in [2.75, 3.05) is 31.2 Å². The van der Waals surface area contributed by atoms with Crippen LogP contribution in [0.3, 0.4) is 0 Å². The lowest BCUT2D eigenvalue weighted by Gasteiger charge is -2.27. The van der Waals surface area contributed by atoms with Crippen LogP contribution in [0.1, 0.15) is 28.1 Å². The lowest BCUT2D eigenvalue weighted by atomic mass is 9.98. The molecule has 0 saturated carbocycles. The maximum Gasteiger partial charge on any atom is 0.416 e. The normalized spacial score (nSPS) is 15.3. The first-order valence-electron chi connectivity index (χ1n) is 9.33. The number of aromatic nitrogens is 3. The monoisotopic (exact) mass is 406 g/mol. The number of ether oxygens (including phenoxy) is 1. The average molecular weight is 406 g/mol. The highest BCUT2D eigenvalue weighted by atomic mass is 19.4. The van der Waals surface area contributed by atoms with E-state index in [1.807, 2.05) is 10.6 Å². The van der Waals surface area contributed by atoms with Crippen LogP contribution in [0.2, 0.25) is 0 Å². The third-order valence-electron chi connectivity index (χ3n) is 5.27. The van der Waals surface area contributed by atoms with Gasteiger partial charge in [0.1, 0.15) is 5.82 Å². The molecular weight excluding hydrogens is 385 g/mol. The molecule has 1 N–H and O–H groups in total. The molecule has 0 aliphatic carbocycles. The number of aliphatic hydroxyl groups excluding tert-OH is 1. The third-order valence-corrected chi connectivity index (χ3v) is 5.27. The molecule has 1 aliphatic heterocycles. The molecule has 0 spiro atoms. The molecule has 154 valence electrons. The fourth-order valence-electron chi connectivity index (χ4n) is 3.67. The van der Waals surface area contributed by atoms with Crippen LogP contribution in [-0.2, 0) is 23.9 Å². The number of morpholine rings is 1. The van der Waals surface area contributed by atoms with Gasteiger partial charge in [0.2, 0.25) is 0 Å². The quantitative estimate of drug-likeness (QED) is 0.722. The molecule has 3 heterocycles. The van der Waals surface area contributed by atoms with Gasteiger partial charge >= 0.3 is 6.18 Å². The largest absolute Gasteiger partial charge is 0.416 e. The molecule has 29 heavy (non-hydrogen) atoms. The Balaban J connectivity index is 1.76. The van der Waals surface area contributed by atoms with E-state index in [9.17, 15) is 18.3 Å². The Bertz CT molecular complexity index is 1030. The number of fused-ring (bicyclic) bond motifs is 1. The molecule has 1 aliphatic rings. The summed E-state index contributed by atoms with van der Waals surface area (Å²) >= 11 is 0. The van der Waals surface area contributed by atoms with Gasteiger partial charge in [0.25, 0.3) is 0 Å². The zero-order chi connectivity index (χ0) is 20.6. The lowest BCUT2D eigenvalue weighted by Crippen LogP contribution is -2.36. The molecule has 1 aromatic carbocycles. The molecule has 3 aromatic rings. The van der Waals surface area contributed by atoms with Gasteiger partial charge < -0.3 is 14.7 Å². The maximum atomic E-state index is 13.3. The van der Waals surface area contributed by atoms with Crippen LogP contribution in [0, 0.1) is 6.92 Å². The van der Waals surface area contributed by atoms with Crippen LogP contribution in [0.15, 0.2) is 30.6 Å². The molecule has 2 aromatic heterocycles. The van der Waals surface area contributed by atoms with E-state index in [2.05, 4.69) is 14.9 Å². The second-order valence-corrected chi connectivity index (χ2v) is 7.00. The fourth-order valence-corrected chi connectivity index (χ4v) is 3.67. The van der Waals surface area contributed by atoms with Gasteiger partial charge in [0.15, 0.2) is 5.65 Å². The van der Waals surface area contributed by atoms with Crippen molar-refractivity contribution in [1.29, 1.82) is 0 Å². The van der Waals surface area contributed by atoms with Crippen molar-refractivity contribution in [3.05, 3.63) is 58.7 Å². The minimum absolute atomic E-state index is 0.182. The molecular formula is C20H21F3N4O2. The highest BCUT2D eigenvalue weighted by Gasteiger charge is 2.33. The summed E-state index contributed by atoms with van der Waals surface area (Å²) in [6.45, 7) is 3.82. The van der Waals surface area contributed by atoms with Crippen LogP contribution >= 0.6 is 0 Å². The van der Waals surface area contributed by atoms with Crippen molar-refractivity contribution in [2.24, 2.45) is 0 Å². The number of halogens is 3. The molecule has 0 atom stereocenters. The van der Waals surface area contributed by atoms with Gasteiger partial charge in [-0.15, -0.1) is 0 Å². The van der Waals surface area contributed by atoms with E-state index in [4.69, 9.17) is 4.74 Å². The Morgan fingerprint density at radius 1 is 1.21 bits per heavy atom. The minimum Gasteiger partial charge on any atom is -0.390 e. The van der Waals surface area contributed by atoms with Crippen molar-refractivity contribution < 1.29 is 23.0 Å². The second-order valence-electron chi connectivity index (χ2n) is 7.00. The highest BCUT2D eigenvalue weighted by Crippen LogP contribution is 2.34. The van der Waals surface area contributed by atoms with Gasteiger partial charge in [-0.2, -0.15) is 13.2 Å². The standard InChI is InChI=1S/C20H21F3N4O2/c1-13-14(3-2-4-15(13)20(21,22)23)9-17-16(12-28)25-18-10-24-19(11-27(17)18)26-5-7-29-8-6-26/h2-4,10-11,28H,5-9,12H2,1H3. The lowest BCUT2D eigenvalue weighted by molar-refractivity contribution is -0.138. The topological polar surface area (TPSA) is 62.9 Å². The number of benzene rings is 1. The Morgan fingerprint density at radius 2 is 1.97 bits per heavy atom. The van der Waals surface area contributed by atoms with Crippen LogP contribution in [0.25, 0.3) is 5.65 Å². The summed E-state index contributed by atoms with van der Waals surface area (Å²) in [4.78, 5) is 10.9. The van der Waals surface area contributed by atoms with Crippen molar-refractivity contribution in [2.45, 2.75) is 26.1 Å². The summed E-state index contributed by atoms with van der Waals surface area (Å²) in [6, 6.07) is 4.17. The zero-order valence-corrected chi connectivity index (χ0v) is 15.9. The van der Waals surface area contributed by atoms with Crippen molar-refractivity contribution >= 4 is 11.5 Å². The number of aliphatic hydroxyl groups is 1. The zero-order valence-electron chi connectivity index (χ0n) is 15.9. The minimum atomic E-state index is -4.41. The third kappa shape index (κ3) is 3.79. The Morgan fingerprint density at radius 3 is 2.66 bits per heavy atom. The van der Waals surface area contributed by atoms with Gasteiger partial charge in [0, 0.05) is 19.5 Å². The molecule has 4 rings (SSSR count). The molecule has 0 amide bonds. The first-order valence-corrected chi connectivity index (χ1v) is 9.33. The predicted octanol–water partition coefficient (Wildman–Crippen LogP) is 2.98. The molecule has 6 nitrogen and oxygen atoms in total. The fraction of sp³-hybridized carbons (Fsp3) is 0.400. The Kier molecular flexibility index (Phi) is 5.18. The van der Waals surface area contributed by atoms with E-state index in [1.165, 1.54) is 13.0 Å². The number of alkyl halides is 3. The smallest absolute Gasteiger partial charge is 0.390 e. The van der Waals surface area contributed by atoms with Crippen LogP contribution in [0.5, 0.6) is 0 Å². The van der Waals surface area contributed by atoms with Gasteiger partial charge in [-0.3, -0.25) is 4.40 Å². The number of hydrogen-bond acceptors (Lipinski definition) is 5. The molecule has 0 bridgehead atoms. The van der Waals surface area contributed by atoms with Gasteiger partial charge in [0.05, 0.1) is 49.2 Å². The number of rotatable bonds is 4. The maximum absolute atomic E-state index is 13.3. The molecule has 9 heteroatoms. The summed E-state index contributed by atoms with van der Waals surface area (Å²) in [7, 11) is 0. The average Bonchev–Trinajstić information content (AvgIpc) is 3.06. The highest BCUT2D eigenvalue weighted by molar-refractivity contribution is 5.49. The first kappa shape index (κ1) is 19.7. The molecule has 0 radical (unpaired) electrons. The summed E-state index contributed by atoms with van der Waals surface area (Å²) in [5, 5.41) is 9.77. The summed E-state index contributed by atoms with van der Waals surface area (Å²) in [5.41, 5.74) is 1.71. The number of hydrogen-bond donors (Lipinski definition) is 1. The Labute approximate surface area is 165 Å². The Hall–Kier alpha value is -2.65. The van der Waals surface area contributed by atoms with Gasteiger partial charge in [-0.05, 0) is 24.1 Å². The van der Waals surface area contributed by atoms with E-state index in [-0.39, 0.29) is 18.6 Å². The predicted molar refractivity (Wildman–Crippen MR) is 101 cm³/mol. The summed E-state index contributed by atoms with van der Waals surface area (Å²) < 4.78 is 47.0. The first-order chi connectivity index (χ1) is 13.9. The molecule has 1 saturated heterocycles.